The van der Waals surface area contributed by atoms with E-state index in [9.17, 15) is 9.90 Å². The second-order valence-electron chi connectivity index (χ2n) is 4.55. The van der Waals surface area contributed by atoms with Gasteiger partial charge >= 0.3 is 6.03 Å². The third kappa shape index (κ3) is 3.46. The summed E-state index contributed by atoms with van der Waals surface area (Å²) in [4.78, 5) is 13.0. The number of carbonyl (C=O) groups excluding carboxylic acids is 1. The lowest BCUT2D eigenvalue weighted by Gasteiger charge is -2.15. The van der Waals surface area contributed by atoms with Gasteiger partial charge in [-0.15, -0.1) is 0 Å². The van der Waals surface area contributed by atoms with Crippen LogP contribution >= 0.6 is 0 Å². The Hall–Kier alpha value is -1.55. The average Bonchev–Trinajstić information content (AvgIpc) is 2.28. The van der Waals surface area contributed by atoms with Crippen LogP contribution in [0.15, 0.2) is 18.2 Å². The quantitative estimate of drug-likeness (QED) is 0.846. The lowest BCUT2D eigenvalue weighted by Crippen LogP contribution is -2.27. The lowest BCUT2D eigenvalue weighted by atomic mass is 9.97. The van der Waals surface area contributed by atoms with Gasteiger partial charge in [0.15, 0.2) is 0 Å². The van der Waals surface area contributed by atoms with Gasteiger partial charge in [-0.2, -0.15) is 0 Å². The van der Waals surface area contributed by atoms with Gasteiger partial charge in [-0.25, -0.2) is 4.79 Å². The van der Waals surface area contributed by atoms with E-state index in [4.69, 9.17) is 0 Å². The van der Waals surface area contributed by atoms with Gasteiger partial charge in [0, 0.05) is 19.8 Å². The number of carbonyl (C=O) groups is 1. The fourth-order valence-corrected chi connectivity index (χ4v) is 1.62. The van der Waals surface area contributed by atoms with E-state index in [0.29, 0.717) is 11.6 Å². The van der Waals surface area contributed by atoms with Crippen molar-refractivity contribution in [1.82, 2.24) is 4.90 Å². The number of amides is 2. The molecule has 0 radical (unpaired) electrons. The molecule has 94 valence electrons. The summed E-state index contributed by atoms with van der Waals surface area (Å²) in [5.74, 6) is 0.357. The van der Waals surface area contributed by atoms with Crippen LogP contribution in [0, 0.1) is 0 Å². The first kappa shape index (κ1) is 13.5. The molecular formula is C13H20N2O2. The van der Waals surface area contributed by atoms with Crippen LogP contribution in [0.5, 0.6) is 0 Å². The van der Waals surface area contributed by atoms with Crippen molar-refractivity contribution in [1.29, 1.82) is 0 Å². The Labute approximate surface area is 102 Å². The Morgan fingerprint density at radius 2 is 2.06 bits per heavy atom. The molecule has 0 saturated heterocycles. The van der Waals surface area contributed by atoms with Gasteiger partial charge in [-0.1, -0.05) is 19.9 Å². The molecule has 1 aromatic carbocycles. The number of aliphatic hydroxyl groups is 1. The Kier molecular flexibility index (Phi) is 4.52. The normalized spacial score (nSPS) is 10.5. The molecule has 2 N–H and O–H groups in total. The van der Waals surface area contributed by atoms with Gasteiger partial charge in [0.25, 0.3) is 0 Å². The zero-order valence-electron chi connectivity index (χ0n) is 10.8. The van der Waals surface area contributed by atoms with Crippen molar-refractivity contribution in [3.63, 3.8) is 0 Å². The molecule has 0 atom stereocenters. The second-order valence-corrected chi connectivity index (χ2v) is 4.55. The van der Waals surface area contributed by atoms with Crippen LogP contribution in [0.25, 0.3) is 0 Å². The molecule has 0 fully saturated rings. The zero-order valence-corrected chi connectivity index (χ0v) is 10.8. The minimum Gasteiger partial charge on any atom is -0.392 e. The van der Waals surface area contributed by atoms with E-state index in [2.05, 4.69) is 19.2 Å². The van der Waals surface area contributed by atoms with Crippen molar-refractivity contribution >= 4 is 11.7 Å². The lowest BCUT2D eigenvalue weighted by molar-refractivity contribution is 0.230. The van der Waals surface area contributed by atoms with Crippen molar-refractivity contribution in [2.75, 3.05) is 19.4 Å². The van der Waals surface area contributed by atoms with E-state index in [1.165, 1.54) is 4.90 Å². The molecule has 1 aromatic rings. The maximum atomic E-state index is 11.5. The molecule has 0 heterocycles. The molecule has 4 nitrogen and oxygen atoms in total. The number of urea groups is 1. The van der Waals surface area contributed by atoms with Gasteiger partial charge in [-0.3, -0.25) is 0 Å². The van der Waals surface area contributed by atoms with Gasteiger partial charge < -0.3 is 15.3 Å². The van der Waals surface area contributed by atoms with Gasteiger partial charge in [0.05, 0.1) is 6.61 Å². The molecule has 2 amide bonds. The second kappa shape index (κ2) is 5.68. The Morgan fingerprint density at radius 3 is 2.53 bits per heavy atom. The van der Waals surface area contributed by atoms with Crippen LogP contribution in [0.4, 0.5) is 10.5 Å². The van der Waals surface area contributed by atoms with Crippen molar-refractivity contribution in [2.24, 2.45) is 0 Å². The summed E-state index contributed by atoms with van der Waals surface area (Å²) in [6.07, 6.45) is 0. The van der Waals surface area contributed by atoms with Crippen molar-refractivity contribution in [3.05, 3.63) is 29.3 Å². The first-order valence-corrected chi connectivity index (χ1v) is 5.67. The molecule has 0 unspecified atom stereocenters. The Morgan fingerprint density at radius 1 is 1.41 bits per heavy atom. The molecule has 0 aliphatic rings. The molecule has 0 aliphatic heterocycles. The molecule has 1 rings (SSSR count). The molecule has 0 spiro atoms. The summed E-state index contributed by atoms with van der Waals surface area (Å²) in [5.41, 5.74) is 2.67. The van der Waals surface area contributed by atoms with Gasteiger partial charge in [-0.05, 0) is 29.2 Å². The smallest absolute Gasteiger partial charge is 0.321 e. The average molecular weight is 236 g/mol. The highest BCUT2D eigenvalue weighted by Crippen LogP contribution is 2.23. The van der Waals surface area contributed by atoms with E-state index in [1.807, 2.05) is 18.2 Å². The van der Waals surface area contributed by atoms with Crippen LogP contribution in [0.3, 0.4) is 0 Å². The molecular weight excluding hydrogens is 216 g/mol. The van der Waals surface area contributed by atoms with Crippen molar-refractivity contribution < 1.29 is 9.90 Å². The van der Waals surface area contributed by atoms with Crippen molar-refractivity contribution in [3.8, 4) is 0 Å². The molecule has 4 heteroatoms. The molecule has 0 aliphatic carbocycles. The van der Waals surface area contributed by atoms with E-state index >= 15 is 0 Å². The molecule has 0 bridgehead atoms. The van der Waals surface area contributed by atoms with Crippen LogP contribution in [-0.2, 0) is 6.61 Å². The van der Waals surface area contributed by atoms with E-state index < -0.39 is 0 Å². The van der Waals surface area contributed by atoms with Crippen LogP contribution in [-0.4, -0.2) is 30.1 Å². The SMILES string of the molecule is CC(C)c1ccc(NC(=O)N(C)C)cc1CO. The number of hydrogen-bond acceptors (Lipinski definition) is 2. The minimum absolute atomic E-state index is 0.0147. The van der Waals surface area contributed by atoms with Gasteiger partial charge in [0.1, 0.15) is 0 Å². The monoisotopic (exact) mass is 236 g/mol. The summed E-state index contributed by atoms with van der Waals surface area (Å²) in [6, 6.07) is 5.44. The highest BCUT2D eigenvalue weighted by Gasteiger charge is 2.09. The molecule has 17 heavy (non-hydrogen) atoms. The summed E-state index contributed by atoms with van der Waals surface area (Å²) in [7, 11) is 3.37. The van der Waals surface area contributed by atoms with E-state index in [-0.39, 0.29) is 12.6 Å². The van der Waals surface area contributed by atoms with Crippen LogP contribution in [0.2, 0.25) is 0 Å². The largest absolute Gasteiger partial charge is 0.392 e. The van der Waals surface area contributed by atoms with Crippen molar-refractivity contribution in [2.45, 2.75) is 26.4 Å². The number of nitrogens with one attached hydrogen (secondary N) is 1. The van der Waals surface area contributed by atoms with Crippen LogP contribution < -0.4 is 5.32 Å². The number of anilines is 1. The van der Waals surface area contributed by atoms with Gasteiger partial charge in [0.2, 0.25) is 0 Å². The molecule has 0 saturated carbocycles. The number of rotatable bonds is 3. The first-order chi connectivity index (χ1) is 7.95. The fraction of sp³-hybridized carbons (Fsp3) is 0.462. The number of hydrogen-bond donors (Lipinski definition) is 2. The standard InChI is InChI=1S/C13H20N2O2/c1-9(2)12-6-5-11(7-10(12)8-16)14-13(17)15(3)4/h5-7,9,16H,8H2,1-4H3,(H,14,17). The summed E-state index contributed by atoms with van der Waals surface area (Å²) >= 11 is 0. The Balaban J connectivity index is 2.94. The summed E-state index contributed by atoms with van der Waals surface area (Å²) in [6.45, 7) is 4.14. The zero-order chi connectivity index (χ0) is 13.0. The maximum absolute atomic E-state index is 11.5. The number of benzene rings is 1. The topological polar surface area (TPSA) is 52.6 Å². The Bertz CT molecular complexity index is 400. The highest BCUT2D eigenvalue weighted by molar-refractivity contribution is 5.89. The van der Waals surface area contributed by atoms with E-state index in [0.717, 1.165) is 11.1 Å². The number of aliphatic hydroxyl groups excluding tert-OH is 1. The fourth-order valence-electron chi connectivity index (χ4n) is 1.62. The summed E-state index contributed by atoms with van der Waals surface area (Å²) in [5, 5.41) is 12.1. The highest BCUT2D eigenvalue weighted by atomic mass is 16.3. The minimum atomic E-state index is -0.175. The van der Waals surface area contributed by atoms with E-state index in [1.54, 1.807) is 14.1 Å². The first-order valence-electron chi connectivity index (χ1n) is 5.67. The summed E-state index contributed by atoms with van der Waals surface area (Å²) < 4.78 is 0. The predicted molar refractivity (Wildman–Crippen MR) is 69.2 cm³/mol. The third-order valence-electron chi connectivity index (χ3n) is 2.59. The predicted octanol–water partition coefficient (Wildman–Crippen LogP) is 2.40. The third-order valence-corrected chi connectivity index (χ3v) is 2.59. The maximum Gasteiger partial charge on any atom is 0.321 e. The number of nitrogens with zero attached hydrogens (tertiary/aromatic N) is 1. The molecule has 0 aromatic heterocycles. The van der Waals surface area contributed by atoms with Crippen LogP contribution in [0.1, 0.15) is 30.9 Å².